The number of nitrogens with one attached hydrogen (secondary N) is 1. The second-order valence-corrected chi connectivity index (χ2v) is 5.81. The predicted molar refractivity (Wildman–Crippen MR) is 84.8 cm³/mol. The number of benzene rings is 1. The average molecular weight is 290 g/mol. The smallest absolute Gasteiger partial charge is 0.253 e. The Hall–Kier alpha value is -1.55. The van der Waals surface area contributed by atoms with Crippen LogP contribution >= 0.6 is 0 Å². The number of amides is 1. The average Bonchev–Trinajstić information content (AvgIpc) is 2.53. The van der Waals surface area contributed by atoms with Crippen molar-refractivity contribution in [1.29, 1.82) is 0 Å². The Morgan fingerprint density at radius 2 is 2.10 bits per heavy atom. The minimum atomic E-state index is 0.124. The van der Waals surface area contributed by atoms with E-state index in [0.29, 0.717) is 12.0 Å². The molecule has 1 N–H and O–H groups in total. The third-order valence-corrected chi connectivity index (χ3v) is 4.19. The number of rotatable bonds is 5. The van der Waals surface area contributed by atoms with Gasteiger partial charge in [0.1, 0.15) is 5.75 Å². The van der Waals surface area contributed by atoms with E-state index in [1.807, 2.05) is 29.2 Å². The van der Waals surface area contributed by atoms with Gasteiger partial charge in [0, 0.05) is 24.7 Å². The van der Waals surface area contributed by atoms with Crippen LogP contribution in [0.5, 0.6) is 5.75 Å². The fourth-order valence-electron chi connectivity index (χ4n) is 2.88. The summed E-state index contributed by atoms with van der Waals surface area (Å²) in [6.07, 6.45) is 2.18. The van der Waals surface area contributed by atoms with Crippen LogP contribution in [0.2, 0.25) is 0 Å². The van der Waals surface area contributed by atoms with Gasteiger partial charge in [-0.25, -0.2) is 0 Å². The molecule has 0 aromatic heterocycles. The molecule has 2 unspecified atom stereocenters. The first kappa shape index (κ1) is 15.8. The summed E-state index contributed by atoms with van der Waals surface area (Å²) >= 11 is 0. The zero-order valence-electron chi connectivity index (χ0n) is 13.3. The summed E-state index contributed by atoms with van der Waals surface area (Å²) in [5.41, 5.74) is 0.739. The molecule has 1 saturated heterocycles. The molecular formula is C17H26N2O2. The van der Waals surface area contributed by atoms with E-state index in [1.165, 1.54) is 0 Å². The number of piperidine rings is 1. The molecule has 0 aliphatic carbocycles. The molecule has 4 nitrogen and oxygen atoms in total. The predicted octanol–water partition coefficient (Wildman–Crippen LogP) is 2.55. The van der Waals surface area contributed by atoms with E-state index in [4.69, 9.17) is 4.74 Å². The van der Waals surface area contributed by atoms with E-state index in [0.717, 1.165) is 43.8 Å². The van der Waals surface area contributed by atoms with Crippen molar-refractivity contribution in [3.63, 3.8) is 0 Å². The molecule has 116 valence electrons. The molecule has 1 fully saturated rings. The second-order valence-electron chi connectivity index (χ2n) is 5.81. The van der Waals surface area contributed by atoms with Gasteiger partial charge in [0.15, 0.2) is 0 Å². The fraction of sp³-hybridized carbons (Fsp3) is 0.588. The lowest BCUT2D eigenvalue weighted by Crippen LogP contribution is -2.50. The fourth-order valence-corrected chi connectivity index (χ4v) is 2.88. The lowest BCUT2D eigenvalue weighted by Gasteiger charge is -2.37. The summed E-state index contributed by atoms with van der Waals surface area (Å²) in [4.78, 5) is 14.5. The molecule has 1 aromatic rings. The number of likely N-dealkylation sites (tertiary alicyclic amines) is 1. The third-order valence-electron chi connectivity index (χ3n) is 4.19. The number of nitrogens with zero attached hydrogens (tertiary/aromatic N) is 1. The lowest BCUT2D eigenvalue weighted by molar-refractivity contribution is 0.0645. The maximum atomic E-state index is 12.5. The van der Waals surface area contributed by atoms with Crippen LogP contribution in [0.4, 0.5) is 0 Å². The summed E-state index contributed by atoms with van der Waals surface area (Å²) in [5, 5.41) is 3.58. The third kappa shape index (κ3) is 3.97. The van der Waals surface area contributed by atoms with Crippen molar-refractivity contribution in [3.05, 3.63) is 29.8 Å². The van der Waals surface area contributed by atoms with Crippen LogP contribution in [0.3, 0.4) is 0 Å². The van der Waals surface area contributed by atoms with E-state index in [-0.39, 0.29) is 5.91 Å². The highest BCUT2D eigenvalue weighted by Crippen LogP contribution is 2.20. The lowest BCUT2D eigenvalue weighted by atomic mass is 9.93. The summed E-state index contributed by atoms with van der Waals surface area (Å²) in [6, 6.07) is 7.89. The summed E-state index contributed by atoms with van der Waals surface area (Å²) in [7, 11) is 1.63. The number of ether oxygens (including phenoxy) is 1. The minimum absolute atomic E-state index is 0.124. The Morgan fingerprint density at radius 3 is 2.67 bits per heavy atom. The van der Waals surface area contributed by atoms with Crippen molar-refractivity contribution in [2.45, 2.75) is 32.7 Å². The van der Waals surface area contributed by atoms with Crippen molar-refractivity contribution in [2.24, 2.45) is 5.92 Å². The summed E-state index contributed by atoms with van der Waals surface area (Å²) < 4.78 is 5.13. The summed E-state index contributed by atoms with van der Waals surface area (Å²) in [5.74, 6) is 1.40. The van der Waals surface area contributed by atoms with Gasteiger partial charge >= 0.3 is 0 Å². The van der Waals surface area contributed by atoms with Crippen molar-refractivity contribution in [3.8, 4) is 5.75 Å². The molecule has 1 amide bonds. The van der Waals surface area contributed by atoms with Crippen LogP contribution < -0.4 is 10.1 Å². The van der Waals surface area contributed by atoms with E-state index in [9.17, 15) is 4.79 Å². The van der Waals surface area contributed by atoms with Gasteiger partial charge in [-0.15, -0.1) is 0 Å². The van der Waals surface area contributed by atoms with Crippen LogP contribution in [0.15, 0.2) is 24.3 Å². The number of carbonyl (C=O) groups excluding carboxylic acids is 1. The Bertz CT molecular complexity index is 458. The van der Waals surface area contributed by atoms with Crippen LogP contribution in [-0.4, -0.2) is 43.6 Å². The molecule has 21 heavy (non-hydrogen) atoms. The molecule has 0 saturated carbocycles. The van der Waals surface area contributed by atoms with Crippen LogP contribution in [0, 0.1) is 5.92 Å². The molecule has 1 aromatic carbocycles. The van der Waals surface area contributed by atoms with Gasteiger partial charge in [0.25, 0.3) is 5.91 Å². The monoisotopic (exact) mass is 290 g/mol. The molecule has 2 atom stereocenters. The number of hydrogen-bond acceptors (Lipinski definition) is 3. The first-order valence-corrected chi connectivity index (χ1v) is 7.82. The van der Waals surface area contributed by atoms with E-state index in [1.54, 1.807) is 7.11 Å². The minimum Gasteiger partial charge on any atom is -0.497 e. The van der Waals surface area contributed by atoms with Gasteiger partial charge < -0.3 is 15.0 Å². The molecular weight excluding hydrogens is 264 g/mol. The zero-order chi connectivity index (χ0) is 15.2. The standard InChI is InChI=1S/C17H26N2O2/c1-4-10-18-16-9-11-19(12-13(16)2)17(20)14-5-7-15(21-3)8-6-14/h5-8,13,16,18H,4,9-12H2,1-3H3. The zero-order valence-corrected chi connectivity index (χ0v) is 13.3. The van der Waals surface area contributed by atoms with Gasteiger partial charge in [-0.3, -0.25) is 4.79 Å². The highest BCUT2D eigenvalue weighted by molar-refractivity contribution is 5.94. The van der Waals surface area contributed by atoms with E-state index in [2.05, 4.69) is 19.2 Å². The highest BCUT2D eigenvalue weighted by atomic mass is 16.5. The maximum Gasteiger partial charge on any atom is 0.253 e. The first-order valence-electron chi connectivity index (χ1n) is 7.82. The molecule has 4 heteroatoms. The van der Waals surface area contributed by atoms with E-state index < -0.39 is 0 Å². The highest BCUT2D eigenvalue weighted by Gasteiger charge is 2.28. The Kier molecular flexibility index (Phi) is 5.62. The van der Waals surface area contributed by atoms with Gasteiger partial charge in [0.2, 0.25) is 0 Å². The van der Waals surface area contributed by atoms with Gasteiger partial charge in [-0.2, -0.15) is 0 Å². The van der Waals surface area contributed by atoms with E-state index >= 15 is 0 Å². The normalized spacial score (nSPS) is 22.1. The van der Waals surface area contributed by atoms with Crippen LogP contribution in [-0.2, 0) is 0 Å². The molecule has 2 rings (SSSR count). The van der Waals surface area contributed by atoms with Crippen LogP contribution in [0.25, 0.3) is 0 Å². The van der Waals surface area contributed by atoms with Gasteiger partial charge in [-0.05, 0) is 49.6 Å². The van der Waals surface area contributed by atoms with Crippen molar-refractivity contribution < 1.29 is 9.53 Å². The molecule has 0 spiro atoms. The number of methoxy groups -OCH3 is 1. The molecule has 0 radical (unpaired) electrons. The largest absolute Gasteiger partial charge is 0.497 e. The first-order chi connectivity index (χ1) is 10.2. The van der Waals surface area contributed by atoms with Crippen molar-refractivity contribution >= 4 is 5.91 Å². The van der Waals surface area contributed by atoms with Crippen LogP contribution in [0.1, 0.15) is 37.0 Å². The Morgan fingerprint density at radius 1 is 1.38 bits per heavy atom. The molecule has 1 aliphatic rings. The van der Waals surface area contributed by atoms with Crippen molar-refractivity contribution in [1.82, 2.24) is 10.2 Å². The molecule has 0 bridgehead atoms. The van der Waals surface area contributed by atoms with Gasteiger partial charge in [0.05, 0.1) is 7.11 Å². The topological polar surface area (TPSA) is 41.6 Å². The second kappa shape index (κ2) is 7.46. The van der Waals surface area contributed by atoms with Gasteiger partial charge in [-0.1, -0.05) is 13.8 Å². The Labute approximate surface area is 127 Å². The number of hydrogen-bond donors (Lipinski definition) is 1. The Balaban J connectivity index is 1.94. The maximum absolute atomic E-state index is 12.5. The quantitative estimate of drug-likeness (QED) is 0.906. The SMILES string of the molecule is CCCNC1CCN(C(=O)c2ccc(OC)cc2)CC1C. The summed E-state index contributed by atoms with van der Waals surface area (Å²) in [6.45, 7) is 7.12. The van der Waals surface area contributed by atoms with Crippen molar-refractivity contribution in [2.75, 3.05) is 26.7 Å². The number of carbonyl (C=O) groups is 1. The molecule has 1 heterocycles. The molecule has 1 aliphatic heterocycles.